The predicted octanol–water partition coefficient (Wildman–Crippen LogP) is 4.75. The van der Waals surface area contributed by atoms with E-state index in [-0.39, 0.29) is 11.4 Å². The lowest BCUT2D eigenvalue weighted by Crippen LogP contribution is -2.12. The Bertz CT molecular complexity index is 472. The zero-order valence-electron chi connectivity index (χ0n) is 14.4. The first-order chi connectivity index (χ1) is 10.3. The van der Waals surface area contributed by atoms with Gasteiger partial charge in [0.25, 0.3) is 0 Å². The molecule has 0 bridgehead atoms. The van der Waals surface area contributed by atoms with Crippen LogP contribution in [0.2, 0.25) is 0 Å². The van der Waals surface area contributed by atoms with Crippen LogP contribution < -0.4 is 0 Å². The first kappa shape index (κ1) is 18.5. The molecule has 0 unspecified atom stereocenters. The minimum Gasteiger partial charge on any atom is -0.508 e. The molecule has 1 N–H and O–H groups in total. The second-order valence-corrected chi connectivity index (χ2v) is 6.88. The van der Waals surface area contributed by atoms with E-state index in [9.17, 15) is 9.90 Å². The number of esters is 1. The Morgan fingerprint density at radius 3 is 2.55 bits per heavy atom. The third-order valence-electron chi connectivity index (χ3n) is 3.75. The summed E-state index contributed by atoms with van der Waals surface area (Å²) in [7, 11) is 0. The molecule has 0 aliphatic heterocycles. The van der Waals surface area contributed by atoms with Crippen LogP contribution in [0.3, 0.4) is 0 Å². The van der Waals surface area contributed by atoms with Crippen molar-refractivity contribution in [3.05, 3.63) is 29.3 Å². The van der Waals surface area contributed by atoms with Gasteiger partial charge >= 0.3 is 5.97 Å². The van der Waals surface area contributed by atoms with Crippen molar-refractivity contribution in [2.45, 2.75) is 71.6 Å². The molecule has 0 heterocycles. The number of hydrogen-bond donors (Lipinski definition) is 1. The Morgan fingerprint density at radius 2 is 1.91 bits per heavy atom. The van der Waals surface area contributed by atoms with Crippen LogP contribution in [0.25, 0.3) is 0 Å². The molecule has 0 saturated heterocycles. The van der Waals surface area contributed by atoms with Gasteiger partial charge in [-0.25, -0.2) is 0 Å². The highest BCUT2D eigenvalue weighted by Crippen LogP contribution is 2.31. The number of unbranched alkanes of at least 4 members (excludes halogenated alkanes) is 3. The van der Waals surface area contributed by atoms with E-state index < -0.39 is 0 Å². The van der Waals surface area contributed by atoms with E-state index in [1.165, 1.54) is 12.8 Å². The van der Waals surface area contributed by atoms with Gasteiger partial charge in [-0.05, 0) is 35.4 Å². The Balaban J connectivity index is 2.43. The fourth-order valence-electron chi connectivity index (χ4n) is 2.37. The van der Waals surface area contributed by atoms with Crippen molar-refractivity contribution in [3.63, 3.8) is 0 Å². The van der Waals surface area contributed by atoms with Crippen LogP contribution in [-0.2, 0) is 21.4 Å². The molecule has 3 heteroatoms. The average Bonchev–Trinajstić information content (AvgIpc) is 2.45. The molecule has 0 aliphatic carbocycles. The summed E-state index contributed by atoms with van der Waals surface area (Å²) >= 11 is 0. The number of aromatic hydroxyl groups is 1. The van der Waals surface area contributed by atoms with Gasteiger partial charge in [0.05, 0.1) is 6.61 Å². The molecule has 1 aromatic carbocycles. The Hall–Kier alpha value is -1.51. The molecule has 1 rings (SSSR count). The summed E-state index contributed by atoms with van der Waals surface area (Å²) < 4.78 is 5.24. The Morgan fingerprint density at radius 1 is 1.18 bits per heavy atom. The maximum absolute atomic E-state index is 11.7. The average molecular weight is 306 g/mol. The molecule has 0 aromatic heterocycles. The van der Waals surface area contributed by atoms with Gasteiger partial charge in [-0.1, -0.05) is 59.1 Å². The largest absolute Gasteiger partial charge is 0.508 e. The van der Waals surface area contributed by atoms with Crippen molar-refractivity contribution >= 4 is 5.97 Å². The van der Waals surface area contributed by atoms with E-state index in [4.69, 9.17) is 4.74 Å². The summed E-state index contributed by atoms with van der Waals surface area (Å²) in [6, 6.07) is 5.58. The van der Waals surface area contributed by atoms with E-state index in [1.54, 1.807) is 6.07 Å². The summed E-state index contributed by atoms with van der Waals surface area (Å²) in [6.07, 6.45) is 5.49. The van der Waals surface area contributed by atoms with Crippen molar-refractivity contribution in [1.82, 2.24) is 0 Å². The molecule has 0 fully saturated rings. The lowest BCUT2D eigenvalue weighted by atomic mass is 9.85. The molecule has 0 saturated carbocycles. The fourth-order valence-corrected chi connectivity index (χ4v) is 2.37. The van der Waals surface area contributed by atoms with Crippen LogP contribution >= 0.6 is 0 Å². The highest BCUT2D eigenvalue weighted by Gasteiger charge is 2.18. The van der Waals surface area contributed by atoms with Gasteiger partial charge < -0.3 is 9.84 Å². The highest BCUT2D eigenvalue weighted by molar-refractivity contribution is 5.69. The molecule has 0 spiro atoms. The van der Waals surface area contributed by atoms with Crippen LogP contribution in [0.5, 0.6) is 5.75 Å². The molecule has 22 heavy (non-hydrogen) atoms. The Labute approximate surface area is 134 Å². The zero-order chi connectivity index (χ0) is 16.6. The zero-order valence-corrected chi connectivity index (χ0v) is 14.4. The quantitative estimate of drug-likeness (QED) is 0.557. The van der Waals surface area contributed by atoms with E-state index in [0.29, 0.717) is 25.2 Å². The minimum atomic E-state index is -0.137. The van der Waals surface area contributed by atoms with Gasteiger partial charge in [-0.15, -0.1) is 0 Å². The second kappa shape index (κ2) is 8.82. The van der Waals surface area contributed by atoms with E-state index in [0.717, 1.165) is 24.0 Å². The topological polar surface area (TPSA) is 46.5 Å². The molecule has 0 radical (unpaired) electrons. The summed E-state index contributed by atoms with van der Waals surface area (Å²) in [5, 5.41) is 9.94. The van der Waals surface area contributed by atoms with E-state index in [1.807, 2.05) is 12.1 Å². The second-order valence-electron chi connectivity index (χ2n) is 6.88. The standard InChI is InChI=1S/C19H30O3/c1-5-6-7-8-13-22-18(21)12-10-15-9-11-17(20)16(14-15)19(2,3)4/h9,11,14,20H,5-8,10,12-13H2,1-4H3. The highest BCUT2D eigenvalue weighted by atomic mass is 16.5. The van der Waals surface area contributed by atoms with Crippen molar-refractivity contribution in [2.24, 2.45) is 0 Å². The molecule has 0 amide bonds. The number of carbonyl (C=O) groups is 1. The van der Waals surface area contributed by atoms with Gasteiger partial charge in [-0.3, -0.25) is 4.79 Å². The maximum atomic E-state index is 11.7. The van der Waals surface area contributed by atoms with Crippen LogP contribution in [0.15, 0.2) is 18.2 Å². The number of phenols is 1. The number of hydrogen-bond acceptors (Lipinski definition) is 3. The smallest absolute Gasteiger partial charge is 0.306 e. The fraction of sp³-hybridized carbons (Fsp3) is 0.632. The number of benzene rings is 1. The third kappa shape index (κ3) is 6.50. The van der Waals surface area contributed by atoms with Gasteiger partial charge in [0.2, 0.25) is 0 Å². The molecular weight excluding hydrogens is 276 g/mol. The molecule has 0 aliphatic rings. The van der Waals surface area contributed by atoms with Gasteiger partial charge in [0, 0.05) is 6.42 Å². The summed E-state index contributed by atoms with van der Waals surface area (Å²) in [5.41, 5.74) is 1.86. The summed E-state index contributed by atoms with van der Waals surface area (Å²) in [6.45, 7) is 8.89. The summed E-state index contributed by atoms with van der Waals surface area (Å²) in [5.74, 6) is 0.177. The first-order valence-corrected chi connectivity index (χ1v) is 8.32. The van der Waals surface area contributed by atoms with Gasteiger partial charge in [0.1, 0.15) is 5.75 Å². The molecular formula is C19H30O3. The Kier molecular flexibility index (Phi) is 7.43. The summed E-state index contributed by atoms with van der Waals surface area (Å²) in [4.78, 5) is 11.7. The molecule has 124 valence electrons. The van der Waals surface area contributed by atoms with Crippen LogP contribution in [-0.4, -0.2) is 17.7 Å². The van der Waals surface area contributed by atoms with Crippen LogP contribution in [0.1, 0.15) is 70.9 Å². The first-order valence-electron chi connectivity index (χ1n) is 8.32. The number of aryl methyl sites for hydroxylation is 1. The SMILES string of the molecule is CCCCCCOC(=O)CCc1ccc(O)c(C(C)(C)C)c1. The monoisotopic (exact) mass is 306 g/mol. The lowest BCUT2D eigenvalue weighted by molar-refractivity contribution is -0.143. The third-order valence-corrected chi connectivity index (χ3v) is 3.75. The molecule has 3 nitrogen and oxygen atoms in total. The van der Waals surface area contributed by atoms with Crippen molar-refractivity contribution in [1.29, 1.82) is 0 Å². The van der Waals surface area contributed by atoms with Crippen LogP contribution in [0.4, 0.5) is 0 Å². The predicted molar refractivity (Wildman–Crippen MR) is 90.2 cm³/mol. The number of carbonyl (C=O) groups excluding carboxylic acids is 1. The molecule has 1 aromatic rings. The number of ether oxygens (including phenoxy) is 1. The maximum Gasteiger partial charge on any atom is 0.306 e. The van der Waals surface area contributed by atoms with E-state index in [2.05, 4.69) is 27.7 Å². The van der Waals surface area contributed by atoms with Crippen molar-refractivity contribution in [2.75, 3.05) is 6.61 Å². The van der Waals surface area contributed by atoms with Crippen molar-refractivity contribution < 1.29 is 14.6 Å². The normalized spacial score (nSPS) is 11.5. The molecule has 0 atom stereocenters. The number of phenolic OH excluding ortho intramolecular Hbond substituents is 1. The van der Waals surface area contributed by atoms with Crippen LogP contribution in [0, 0.1) is 0 Å². The van der Waals surface area contributed by atoms with E-state index >= 15 is 0 Å². The van der Waals surface area contributed by atoms with Gasteiger partial charge in [0.15, 0.2) is 0 Å². The minimum absolute atomic E-state index is 0.111. The van der Waals surface area contributed by atoms with Gasteiger partial charge in [-0.2, -0.15) is 0 Å². The van der Waals surface area contributed by atoms with Crippen molar-refractivity contribution in [3.8, 4) is 5.75 Å². The number of rotatable bonds is 8. The lowest BCUT2D eigenvalue weighted by Gasteiger charge is -2.21.